The number of fused-ring (bicyclic) bond motifs is 4. The van der Waals surface area contributed by atoms with Gasteiger partial charge in [-0.15, -0.1) is 23.2 Å². The minimum Gasteiger partial charge on any atom is -0.508 e. The molecule has 0 aromatic heterocycles. The molecule has 1 saturated carbocycles. The summed E-state index contributed by atoms with van der Waals surface area (Å²) in [7, 11) is 2.74. The molecule has 0 bridgehead atoms. The molecule has 2 heterocycles. The lowest BCUT2D eigenvalue weighted by atomic mass is 9.56. The SMILES string of the molecule is CN(C)c1c([N+](=O)[O-])cc(N2C(=O)[C@H]3[C@H](CC=C4[C@H]3C[C@@]3(Cl)C(=O)N(c5ccc(F)cc5)C(=O)[C@@]3(Cl)[C@H]4c3cc(Br)ccc3O)C2=O)cc1[N+](=O)[O-]. The summed E-state index contributed by atoms with van der Waals surface area (Å²) in [4.78, 5) is 77.9. The highest BCUT2D eigenvalue weighted by Gasteiger charge is 2.77. The van der Waals surface area contributed by atoms with Crippen LogP contribution in [0.5, 0.6) is 5.75 Å². The number of allylic oxidation sites excluding steroid dienone is 2. The Bertz CT molecular complexity index is 2170. The summed E-state index contributed by atoms with van der Waals surface area (Å²) in [6.07, 6.45) is 1.09. The summed E-state index contributed by atoms with van der Waals surface area (Å²) < 4.78 is 14.4. The third-order valence-corrected chi connectivity index (χ3v) is 12.3. The first-order valence-electron chi connectivity index (χ1n) is 15.7. The maximum absolute atomic E-state index is 14.5. The molecular formula is C34H25BrCl2FN5O9. The predicted octanol–water partition coefficient (Wildman–Crippen LogP) is 5.94. The van der Waals surface area contributed by atoms with Crippen LogP contribution in [0.3, 0.4) is 0 Å². The Balaban J connectivity index is 1.40. The molecule has 1 N–H and O–H groups in total. The van der Waals surface area contributed by atoms with Crippen molar-refractivity contribution in [2.45, 2.75) is 28.5 Å². The molecule has 268 valence electrons. The number of hydrogen-bond donors (Lipinski definition) is 1. The summed E-state index contributed by atoms with van der Waals surface area (Å²) >= 11 is 18.0. The number of alkyl halides is 2. The van der Waals surface area contributed by atoms with Crippen LogP contribution in [0, 0.1) is 43.8 Å². The van der Waals surface area contributed by atoms with Crippen LogP contribution in [0.4, 0.5) is 32.8 Å². The van der Waals surface area contributed by atoms with Gasteiger partial charge >= 0.3 is 11.4 Å². The number of nitrogens with zero attached hydrogens (tertiary/aromatic N) is 5. The van der Waals surface area contributed by atoms with E-state index in [4.69, 9.17) is 23.2 Å². The molecule has 2 saturated heterocycles. The van der Waals surface area contributed by atoms with Crippen LogP contribution < -0.4 is 14.7 Å². The van der Waals surface area contributed by atoms with Gasteiger partial charge < -0.3 is 10.0 Å². The summed E-state index contributed by atoms with van der Waals surface area (Å²) in [6.45, 7) is 0. The highest BCUT2D eigenvalue weighted by Crippen LogP contribution is 2.66. The van der Waals surface area contributed by atoms with Crippen molar-refractivity contribution in [3.05, 3.63) is 102 Å². The van der Waals surface area contributed by atoms with Crippen LogP contribution in [0.2, 0.25) is 0 Å². The van der Waals surface area contributed by atoms with Crippen LogP contribution in [0.15, 0.2) is 70.7 Å². The number of imide groups is 2. The van der Waals surface area contributed by atoms with E-state index in [1.807, 2.05) is 0 Å². The molecule has 0 spiro atoms. The van der Waals surface area contributed by atoms with Crippen molar-refractivity contribution in [3.8, 4) is 5.75 Å². The monoisotopic (exact) mass is 815 g/mol. The quantitative estimate of drug-likeness (QED) is 0.103. The summed E-state index contributed by atoms with van der Waals surface area (Å²) in [5.74, 6) is -9.27. The highest BCUT2D eigenvalue weighted by molar-refractivity contribution is 9.10. The van der Waals surface area contributed by atoms with Crippen molar-refractivity contribution in [2.75, 3.05) is 28.8 Å². The van der Waals surface area contributed by atoms with Crippen LogP contribution >= 0.6 is 39.1 Å². The summed E-state index contributed by atoms with van der Waals surface area (Å²) in [5, 5.41) is 35.4. The lowest BCUT2D eigenvalue weighted by molar-refractivity contribution is -0.392. The Kier molecular flexibility index (Phi) is 8.23. The second-order valence-corrected chi connectivity index (χ2v) is 15.4. The van der Waals surface area contributed by atoms with E-state index in [2.05, 4.69) is 15.9 Å². The standard InChI is InChI=1S/C34H25BrCl2FN5O9/c1-39(2)28-23(42(49)50)12-18(13-24(28)43(51)52)40-29(45)20-9-8-19-22(26(20)30(40)46)14-33(36)31(47)41(17-6-4-16(38)5-7-17)32(48)34(33,37)27(19)21-11-15(35)3-10-25(21)44/h3-8,10-13,20,22,26-27,44H,9,14H2,1-2H3/t20-,22+,26-,27+,33+,34-/m0/s1. The van der Waals surface area contributed by atoms with Crippen LogP contribution in [-0.4, -0.2) is 62.4 Å². The zero-order chi connectivity index (χ0) is 37.8. The molecule has 52 heavy (non-hydrogen) atoms. The number of phenolic OH excluding ortho intramolecular Hbond substituents is 1. The van der Waals surface area contributed by atoms with Crippen molar-refractivity contribution >= 4 is 91.2 Å². The maximum atomic E-state index is 14.5. The molecule has 14 nitrogen and oxygen atoms in total. The topological polar surface area (TPSA) is 185 Å². The smallest absolute Gasteiger partial charge is 0.301 e. The first-order valence-corrected chi connectivity index (χ1v) is 17.2. The van der Waals surface area contributed by atoms with Gasteiger partial charge in [0.15, 0.2) is 15.4 Å². The van der Waals surface area contributed by atoms with Gasteiger partial charge in [0, 0.05) is 42.2 Å². The Hall–Kier alpha value is -4.93. The zero-order valence-electron chi connectivity index (χ0n) is 27.0. The molecule has 2 aliphatic heterocycles. The number of halogens is 4. The summed E-state index contributed by atoms with van der Waals surface area (Å²) in [6, 6.07) is 10.7. The Morgan fingerprint density at radius 2 is 1.50 bits per heavy atom. The van der Waals surface area contributed by atoms with Crippen molar-refractivity contribution in [1.29, 1.82) is 0 Å². The lowest BCUT2D eigenvalue weighted by Gasteiger charge is -2.50. The van der Waals surface area contributed by atoms with Gasteiger partial charge in [0.1, 0.15) is 11.6 Å². The highest BCUT2D eigenvalue weighted by atomic mass is 79.9. The molecule has 0 radical (unpaired) electrons. The predicted molar refractivity (Wildman–Crippen MR) is 189 cm³/mol. The minimum absolute atomic E-state index is 0.0273. The van der Waals surface area contributed by atoms with Gasteiger partial charge in [-0.2, -0.15) is 0 Å². The van der Waals surface area contributed by atoms with Crippen molar-refractivity contribution in [3.63, 3.8) is 0 Å². The third-order valence-electron chi connectivity index (χ3n) is 10.3. The molecular weight excluding hydrogens is 792 g/mol. The molecule has 18 heteroatoms. The van der Waals surface area contributed by atoms with Gasteiger partial charge in [0.2, 0.25) is 11.8 Å². The summed E-state index contributed by atoms with van der Waals surface area (Å²) in [5.41, 5.74) is -1.77. The Labute approximate surface area is 311 Å². The second-order valence-electron chi connectivity index (χ2n) is 13.2. The van der Waals surface area contributed by atoms with E-state index >= 15 is 0 Å². The number of carbonyl (C=O) groups is 4. The van der Waals surface area contributed by atoms with E-state index in [0.717, 1.165) is 29.2 Å². The van der Waals surface area contributed by atoms with Gasteiger partial charge in [-0.3, -0.25) is 39.4 Å². The number of nitro benzene ring substituents is 2. The fraction of sp³-hybridized carbons (Fsp3) is 0.294. The second kappa shape index (κ2) is 12.1. The molecule has 2 aliphatic carbocycles. The number of benzene rings is 3. The van der Waals surface area contributed by atoms with Crippen molar-refractivity contribution < 1.29 is 38.5 Å². The van der Waals surface area contributed by atoms with Gasteiger partial charge in [0.05, 0.1) is 33.1 Å². The number of anilines is 3. The van der Waals surface area contributed by atoms with Crippen LogP contribution in [-0.2, 0) is 19.2 Å². The Morgan fingerprint density at radius 1 is 0.885 bits per heavy atom. The average Bonchev–Trinajstić information content (AvgIpc) is 3.43. The number of aromatic hydroxyl groups is 1. The normalized spacial score (nSPS) is 28.0. The van der Waals surface area contributed by atoms with Crippen molar-refractivity contribution in [1.82, 2.24) is 0 Å². The van der Waals surface area contributed by atoms with E-state index in [1.54, 1.807) is 6.08 Å². The van der Waals surface area contributed by atoms with Gasteiger partial charge in [-0.05, 0) is 61.2 Å². The fourth-order valence-electron chi connectivity index (χ4n) is 8.21. The van der Waals surface area contributed by atoms with Crippen molar-refractivity contribution in [2.24, 2.45) is 17.8 Å². The molecule has 4 aliphatic rings. The molecule has 3 aromatic carbocycles. The minimum atomic E-state index is -2.30. The van der Waals surface area contributed by atoms with E-state index in [9.17, 15) is 48.9 Å². The molecule has 3 fully saturated rings. The van der Waals surface area contributed by atoms with E-state index in [-0.39, 0.29) is 29.1 Å². The van der Waals surface area contributed by atoms with E-state index < -0.39 is 96.2 Å². The maximum Gasteiger partial charge on any atom is 0.301 e. The van der Waals surface area contributed by atoms with Gasteiger partial charge in [-0.25, -0.2) is 14.2 Å². The first kappa shape index (κ1) is 35.5. The van der Waals surface area contributed by atoms with E-state index in [1.165, 1.54) is 49.3 Å². The Morgan fingerprint density at radius 3 is 2.08 bits per heavy atom. The number of nitro groups is 2. The first-order chi connectivity index (χ1) is 24.4. The number of phenols is 1. The number of carbonyl (C=O) groups excluding carboxylic acids is 4. The number of hydrogen-bond acceptors (Lipinski definition) is 10. The molecule has 7 rings (SSSR count). The van der Waals surface area contributed by atoms with Crippen LogP contribution in [0.25, 0.3) is 0 Å². The number of rotatable bonds is 6. The fourth-order valence-corrected chi connectivity index (χ4v) is 9.52. The molecule has 6 atom stereocenters. The number of amides is 4. The largest absolute Gasteiger partial charge is 0.508 e. The molecule has 3 aromatic rings. The van der Waals surface area contributed by atoms with E-state index in [0.29, 0.717) is 14.9 Å². The molecule has 0 unspecified atom stereocenters. The zero-order valence-corrected chi connectivity index (χ0v) is 30.1. The molecule has 4 amide bonds. The van der Waals surface area contributed by atoms with Gasteiger partial charge in [-0.1, -0.05) is 27.6 Å². The lowest BCUT2D eigenvalue weighted by Crippen LogP contribution is -2.60. The van der Waals surface area contributed by atoms with Gasteiger partial charge in [0.25, 0.3) is 11.8 Å². The average molecular weight is 817 g/mol. The van der Waals surface area contributed by atoms with Crippen LogP contribution in [0.1, 0.15) is 24.3 Å². The third kappa shape index (κ3) is 4.80.